The number of aromatic hydroxyl groups is 3. The number of benzene rings is 5. The topological polar surface area (TPSA) is 205 Å². The lowest BCUT2D eigenvalue weighted by atomic mass is 10.1. The molecular weight excluding hydrogens is 1090 g/mol. The van der Waals surface area contributed by atoms with Crippen LogP contribution in [0.25, 0.3) is 0 Å². The summed E-state index contributed by atoms with van der Waals surface area (Å²) >= 11 is 34.5. The van der Waals surface area contributed by atoms with E-state index in [9.17, 15) is 29.4 Å². The number of phenols is 3. The van der Waals surface area contributed by atoms with E-state index >= 15 is 0 Å². The van der Waals surface area contributed by atoms with Gasteiger partial charge in [-0.25, -0.2) is 19.2 Å². The van der Waals surface area contributed by atoms with Gasteiger partial charge < -0.3 is 60.8 Å². The Hall–Kier alpha value is -5.88. The predicted octanol–water partition coefficient (Wildman–Crippen LogP) is 10.0. The first kappa shape index (κ1) is 63.4. The molecule has 5 aromatic rings. The maximum Gasteiger partial charge on any atom is 0.413 e. The number of esters is 1. The van der Waals surface area contributed by atoms with Crippen LogP contribution in [0.2, 0.25) is 0 Å². The molecule has 5 amide bonds. The van der Waals surface area contributed by atoms with Crippen molar-refractivity contribution < 1.29 is 44.0 Å². The van der Waals surface area contributed by atoms with Gasteiger partial charge in [0.05, 0.1) is 7.11 Å². The number of carbonyl (C=O) groups is 4. The van der Waals surface area contributed by atoms with Crippen molar-refractivity contribution in [1.29, 1.82) is 0 Å². The molecule has 1 unspecified atom stereocenters. The van der Waals surface area contributed by atoms with Gasteiger partial charge >= 0.3 is 24.1 Å². The van der Waals surface area contributed by atoms with Gasteiger partial charge in [0.15, 0.2) is 0 Å². The van der Waals surface area contributed by atoms with E-state index in [1.54, 1.807) is 65.6 Å². The summed E-state index contributed by atoms with van der Waals surface area (Å²) in [7, 11) is 1.24. The summed E-state index contributed by atoms with van der Waals surface area (Å²) in [4.78, 5) is 53.8. The standard InChI is InChI=1S/C21H24Cl2N2O5.C19H23Cl2N3O2.C13H18Cl2N2O2/c1-29-20(27)19(14-15-2-6-17(26)7-3-15)24-21(28)30-18-8-4-16(5-9-18)25(12-10-22)13-11-23;20-10-13-24(14-11-21)17-5-3-16(4-6-17)23-19(26)22-12-9-15-1-7-18(25)8-2-15;14-6-9-17(10-7-15)13(19)16-8-5-11-1-3-12(18)4-2-11/h2-9,19,26H,10-14H2,1H3,(H,24,28);1-8,25H,9-14H2,(H2,22,23,26);1-4,18H,5-10H2,(H,16,19). The average molecular weight is 1160 g/mol. The number of halogens is 6. The molecule has 0 saturated heterocycles. The number of phenolic OH excluding ortho intramolecular Hbond substituents is 3. The fourth-order valence-corrected chi connectivity index (χ4v) is 8.10. The number of urea groups is 2. The van der Waals surface area contributed by atoms with Crippen LogP contribution in [0.4, 0.5) is 31.4 Å². The Balaban J connectivity index is 0.000000304. The number of ether oxygens (including phenoxy) is 2. The zero-order valence-corrected chi connectivity index (χ0v) is 46.1. The molecular formula is C53H65Cl6N7O9. The first-order chi connectivity index (χ1) is 36.2. The van der Waals surface area contributed by atoms with Crippen LogP contribution in [0.5, 0.6) is 23.0 Å². The van der Waals surface area contributed by atoms with Crippen LogP contribution < -0.4 is 35.8 Å². The van der Waals surface area contributed by atoms with E-state index in [0.29, 0.717) is 98.8 Å². The molecule has 0 heterocycles. The molecule has 0 bridgehead atoms. The number of nitrogens with one attached hydrogen (secondary N) is 4. The van der Waals surface area contributed by atoms with Crippen LogP contribution in [0.3, 0.4) is 0 Å². The summed E-state index contributed by atoms with van der Waals surface area (Å²) in [5.74, 6) is 3.07. The second-order valence-electron chi connectivity index (χ2n) is 16.1. The molecule has 22 heteroatoms. The lowest BCUT2D eigenvalue weighted by molar-refractivity contribution is -0.142. The zero-order chi connectivity index (χ0) is 54.8. The predicted molar refractivity (Wildman–Crippen MR) is 304 cm³/mol. The largest absolute Gasteiger partial charge is 0.508 e. The number of methoxy groups -OCH3 is 1. The Labute approximate surface area is 469 Å². The van der Waals surface area contributed by atoms with E-state index in [1.807, 2.05) is 53.4 Å². The molecule has 0 aliphatic heterocycles. The van der Waals surface area contributed by atoms with Crippen molar-refractivity contribution in [1.82, 2.24) is 20.9 Å². The molecule has 408 valence electrons. The summed E-state index contributed by atoms with van der Waals surface area (Å²) < 4.78 is 10.0. The molecule has 0 aromatic heterocycles. The van der Waals surface area contributed by atoms with Crippen molar-refractivity contribution in [2.45, 2.75) is 25.3 Å². The molecule has 75 heavy (non-hydrogen) atoms. The quantitative estimate of drug-likeness (QED) is 0.0205. The molecule has 0 radical (unpaired) electrons. The number of amides is 5. The van der Waals surface area contributed by atoms with Crippen molar-refractivity contribution in [3.63, 3.8) is 0 Å². The first-order valence-corrected chi connectivity index (χ1v) is 27.0. The molecule has 0 saturated carbocycles. The molecule has 16 nitrogen and oxygen atoms in total. The first-order valence-electron chi connectivity index (χ1n) is 23.8. The number of alkyl halides is 6. The van der Waals surface area contributed by atoms with Gasteiger partial charge in [0, 0.05) is 111 Å². The fraction of sp³-hybridized carbons (Fsp3) is 0.358. The highest BCUT2D eigenvalue weighted by atomic mass is 35.5. The van der Waals surface area contributed by atoms with E-state index < -0.39 is 18.1 Å². The van der Waals surface area contributed by atoms with Crippen LogP contribution in [0, 0.1) is 0 Å². The average Bonchev–Trinajstić information content (AvgIpc) is 3.40. The Morgan fingerprint density at radius 2 is 0.920 bits per heavy atom. The van der Waals surface area contributed by atoms with Crippen molar-refractivity contribution in [2.24, 2.45) is 0 Å². The van der Waals surface area contributed by atoms with Crippen LogP contribution in [-0.4, -0.2) is 145 Å². The lowest BCUT2D eigenvalue weighted by Crippen LogP contribution is -2.44. The third-order valence-electron chi connectivity index (χ3n) is 10.7. The molecule has 7 N–H and O–H groups in total. The van der Waals surface area contributed by atoms with Crippen LogP contribution in [0.15, 0.2) is 121 Å². The Kier molecular flexibility index (Phi) is 31.3. The monoisotopic (exact) mass is 1150 g/mol. The Bertz CT molecular complexity index is 2380. The molecule has 0 aliphatic carbocycles. The molecule has 0 spiro atoms. The second-order valence-corrected chi connectivity index (χ2v) is 18.3. The SMILES string of the molecule is COC(=O)C(Cc1ccc(O)cc1)NC(=O)Oc1ccc(N(CCCl)CCCl)cc1.O=C(NCCc1ccc(O)cc1)N(CCCl)CCCl.O=C(NCCc1ccc(O)cc1)Nc1ccc(N(CCCl)CCCl)cc1. The zero-order valence-electron chi connectivity index (χ0n) is 41.5. The van der Waals surface area contributed by atoms with Crippen LogP contribution in [-0.2, 0) is 28.8 Å². The molecule has 0 fully saturated rings. The summed E-state index contributed by atoms with van der Waals surface area (Å²) in [5, 5.41) is 38.7. The molecule has 1 atom stereocenters. The van der Waals surface area contributed by atoms with E-state index in [1.165, 1.54) is 19.2 Å². The third kappa shape index (κ3) is 25.5. The van der Waals surface area contributed by atoms with E-state index in [0.717, 1.165) is 41.2 Å². The van der Waals surface area contributed by atoms with Gasteiger partial charge in [-0.2, -0.15) is 0 Å². The van der Waals surface area contributed by atoms with E-state index in [2.05, 4.69) is 26.2 Å². The second kappa shape index (κ2) is 37.0. The minimum absolute atomic E-state index is 0.111. The number of hydrogen-bond donors (Lipinski definition) is 7. The van der Waals surface area contributed by atoms with Gasteiger partial charge in [0.1, 0.15) is 29.0 Å². The Morgan fingerprint density at radius 3 is 1.33 bits per heavy atom. The minimum Gasteiger partial charge on any atom is -0.508 e. The van der Waals surface area contributed by atoms with E-state index in [-0.39, 0.29) is 35.7 Å². The highest BCUT2D eigenvalue weighted by Gasteiger charge is 2.23. The van der Waals surface area contributed by atoms with Gasteiger partial charge in [-0.1, -0.05) is 36.4 Å². The van der Waals surface area contributed by atoms with E-state index in [4.69, 9.17) is 84.2 Å². The molecule has 5 rings (SSSR count). The fourth-order valence-electron chi connectivity index (χ4n) is 6.88. The number of hydrogen-bond acceptors (Lipinski definition) is 11. The summed E-state index contributed by atoms with van der Waals surface area (Å²) in [5.41, 5.74) is 5.48. The van der Waals surface area contributed by atoms with Gasteiger partial charge in [0.25, 0.3) is 0 Å². The van der Waals surface area contributed by atoms with Crippen molar-refractivity contribution in [3.8, 4) is 23.0 Å². The summed E-state index contributed by atoms with van der Waals surface area (Å²) in [6, 6.07) is 33.3. The van der Waals surface area contributed by atoms with Crippen molar-refractivity contribution in [3.05, 3.63) is 138 Å². The van der Waals surface area contributed by atoms with Gasteiger partial charge in [0.2, 0.25) is 0 Å². The van der Waals surface area contributed by atoms with Crippen LogP contribution >= 0.6 is 69.6 Å². The maximum absolute atomic E-state index is 12.3. The number of carbonyl (C=O) groups excluding carboxylic acids is 4. The highest BCUT2D eigenvalue weighted by Crippen LogP contribution is 2.21. The van der Waals surface area contributed by atoms with Gasteiger partial charge in [-0.05, 0) is 114 Å². The molecule has 5 aromatic carbocycles. The Morgan fingerprint density at radius 1 is 0.520 bits per heavy atom. The number of anilines is 3. The van der Waals surface area contributed by atoms with Crippen LogP contribution in [0.1, 0.15) is 16.7 Å². The third-order valence-corrected chi connectivity index (χ3v) is 11.7. The van der Waals surface area contributed by atoms with Gasteiger partial charge in [-0.3, -0.25) is 0 Å². The van der Waals surface area contributed by atoms with Crippen molar-refractivity contribution in [2.75, 3.05) is 110 Å². The highest BCUT2D eigenvalue weighted by molar-refractivity contribution is 6.19. The minimum atomic E-state index is -0.936. The smallest absolute Gasteiger partial charge is 0.413 e. The number of rotatable bonds is 26. The molecule has 0 aliphatic rings. The number of nitrogens with zero attached hydrogens (tertiary/aromatic N) is 3. The van der Waals surface area contributed by atoms with Crippen molar-refractivity contribution >= 4 is 111 Å². The normalized spacial score (nSPS) is 10.8. The van der Waals surface area contributed by atoms with Gasteiger partial charge in [-0.15, -0.1) is 69.6 Å². The maximum atomic E-state index is 12.3. The summed E-state index contributed by atoms with van der Waals surface area (Å²) in [6.07, 6.45) is 0.808. The summed E-state index contributed by atoms with van der Waals surface area (Å²) in [6.45, 7) is 4.74. The lowest BCUT2D eigenvalue weighted by Gasteiger charge is -2.23.